The zero-order valence-corrected chi connectivity index (χ0v) is 33.5. The molecule has 0 spiro atoms. The first-order valence-corrected chi connectivity index (χ1v) is 21.0. The number of thiophene rings is 1. The number of aromatic nitrogens is 3. The van der Waals surface area contributed by atoms with E-state index < -0.39 is 0 Å². The highest BCUT2D eigenvalue weighted by Gasteiger charge is 2.25. The Balaban J connectivity index is 1.11. The molecule has 0 fully saturated rings. The number of hydrogen-bond donors (Lipinski definition) is 0. The van der Waals surface area contributed by atoms with Gasteiger partial charge in [-0.3, -0.25) is 0 Å². The van der Waals surface area contributed by atoms with E-state index in [4.69, 9.17) is 14.4 Å². The number of rotatable bonds is 6. The van der Waals surface area contributed by atoms with Gasteiger partial charge >= 0.3 is 0 Å². The van der Waals surface area contributed by atoms with Crippen LogP contribution in [0.2, 0.25) is 0 Å². The largest absolute Gasteiger partial charge is 0.456 e. The van der Waals surface area contributed by atoms with Crippen LogP contribution in [0.15, 0.2) is 187 Å². The maximum absolute atomic E-state index is 6.78. The Morgan fingerprint density at radius 3 is 2.08 bits per heavy atom. The maximum Gasteiger partial charge on any atom is 0.160 e. The first-order valence-electron chi connectivity index (χ1n) is 20.2. The smallest absolute Gasteiger partial charge is 0.160 e. The van der Waals surface area contributed by atoms with Gasteiger partial charge in [0.05, 0.1) is 26.9 Å². The summed E-state index contributed by atoms with van der Waals surface area (Å²) in [4.78, 5) is 10.7. The zero-order chi connectivity index (χ0) is 39.9. The molecule has 282 valence electrons. The molecule has 0 radical (unpaired) electrons. The van der Waals surface area contributed by atoms with E-state index >= 15 is 0 Å². The Labute approximate surface area is 349 Å². The van der Waals surface area contributed by atoms with Crippen molar-refractivity contribution in [3.05, 3.63) is 200 Å². The average Bonchev–Trinajstić information content (AvgIpc) is 3.99. The van der Waals surface area contributed by atoms with Crippen molar-refractivity contribution < 1.29 is 4.42 Å². The van der Waals surface area contributed by atoms with Gasteiger partial charge in [0.1, 0.15) is 11.3 Å². The summed E-state index contributed by atoms with van der Waals surface area (Å²) in [7, 11) is 0. The molecule has 0 atom stereocenters. The van der Waals surface area contributed by atoms with Gasteiger partial charge in [-0.15, -0.1) is 11.3 Å². The van der Waals surface area contributed by atoms with E-state index in [-0.39, 0.29) is 0 Å². The summed E-state index contributed by atoms with van der Waals surface area (Å²) in [5, 5.41) is 9.49. The topological polar surface area (TPSA) is 43.9 Å². The van der Waals surface area contributed by atoms with E-state index in [2.05, 4.69) is 181 Å². The predicted molar refractivity (Wildman–Crippen MR) is 254 cm³/mol. The number of fused-ring (bicyclic) bond motifs is 11. The van der Waals surface area contributed by atoms with Crippen LogP contribution < -0.4 is 0 Å². The third-order valence-corrected chi connectivity index (χ3v) is 13.1. The van der Waals surface area contributed by atoms with Crippen LogP contribution in [-0.2, 0) is 0 Å². The molecule has 0 amide bonds. The second-order valence-electron chi connectivity index (χ2n) is 15.2. The normalized spacial score (nSPS) is 12.2. The summed E-state index contributed by atoms with van der Waals surface area (Å²) in [6, 6.07) is 60.6. The molecule has 4 nitrogen and oxygen atoms in total. The quantitative estimate of drug-likeness (QED) is 0.169. The lowest BCUT2D eigenvalue weighted by Crippen LogP contribution is -1.99. The average molecular weight is 786 g/mol. The lowest BCUT2D eigenvalue weighted by atomic mass is 9.94. The van der Waals surface area contributed by atoms with Crippen molar-refractivity contribution in [3.8, 4) is 28.1 Å². The number of furan rings is 1. The van der Waals surface area contributed by atoms with Gasteiger partial charge < -0.3 is 8.98 Å². The molecule has 0 aliphatic rings. The third-order valence-electron chi connectivity index (χ3n) is 12.0. The predicted octanol–water partition coefficient (Wildman–Crippen LogP) is 15.4. The minimum Gasteiger partial charge on any atom is -0.456 e. The van der Waals surface area contributed by atoms with Gasteiger partial charge in [0.25, 0.3) is 0 Å². The van der Waals surface area contributed by atoms with E-state index in [1.54, 1.807) is 17.4 Å². The molecule has 4 aromatic heterocycles. The van der Waals surface area contributed by atoms with Gasteiger partial charge in [0.2, 0.25) is 0 Å². The van der Waals surface area contributed by atoms with E-state index in [9.17, 15) is 0 Å². The Hall–Kier alpha value is -7.60. The minimum absolute atomic E-state index is 0.650. The Bertz CT molecular complexity index is 3740. The Morgan fingerprint density at radius 2 is 1.30 bits per heavy atom. The van der Waals surface area contributed by atoms with Crippen molar-refractivity contribution in [2.75, 3.05) is 0 Å². The number of hydrogen-bond acceptors (Lipinski definition) is 4. The molecule has 0 bridgehead atoms. The van der Waals surface area contributed by atoms with Crippen LogP contribution in [0.3, 0.4) is 0 Å². The van der Waals surface area contributed by atoms with Crippen LogP contribution >= 0.6 is 11.3 Å². The van der Waals surface area contributed by atoms with Crippen molar-refractivity contribution in [2.24, 2.45) is 0 Å². The fraction of sp³-hybridized carbons (Fsp3) is 0.0182. The lowest BCUT2D eigenvalue weighted by molar-refractivity contribution is 0.603. The van der Waals surface area contributed by atoms with Gasteiger partial charge in [-0.2, -0.15) is 0 Å². The molecule has 0 N–H and O–H groups in total. The number of benzene rings is 8. The van der Waals surface area contributed by atoms with Crippen molar-refractivity contribution in [1.82, 2.24) is 14.5 Å². The van der Waals surface area contributed by atoms with Gasteiger partial charge in [0, 0.05) is 54.7 Å². The standard InChI is InChI=1S/C55H35N3OS/c1-3-37(55-56-52(35-20-9-6-10-21-35)54-53(57-55)42-25-15-16-26-48(42)60-54)49-41-29-28-36(31-47(41)59-46(49)4-2)58-44-30-27-34-19-11-12-22-38(34)50(44)51-40-24-14-13-23-39(40)43(32-45(51)58)33-17-7-5-8-18-33/h3-32H,2H2,1H3/b37-3+. The van der Waals surface area contributed by atoms with Crippen molar-refractivity contribution >= 4 is 97.6 Å². The Morgan fingerprint density at radius 1 is 0.617 bits per heavy atom. The highest BCUT2D eigenvalue weighted by Crippen LogP contribution is 2.46. The Kier molecular flexibility index (Phi) is 7.74. The summed E-state index contributed by atoms with van der Waals surface area (Å²) in [6.07, 6.45) is 3.91. The van der Waals surface area contributed by atoms with Gasteiger partial charge in [-0.25, -0.2) is 9.97 Å². The SMILES string of the molecule is C=Cc1oc2cc(-n3c4ccc5ccccc5c4c4c5ccccc5c(-c5ccccc5)cc43)ccc2c1/C(=C\C)c1nc(-c2ccccc2)c2sc3ccccc3c2n1. The molecule has 4 heterocycles. The van der Waals surface area contributed by atoms with Gasteiger partial charge in [0.15, 0.2) is 5.82 Å². The molecule has 5 heteroatoms. The highest BCUT2D eigenvalue weighted by atomic mass is 32.1. The minimum atomic E-state index is 0.650. The second-order valence-corrected chi connectivity index (χ2v) is 16.3. The fourth-order valence-electron chi connectivity index (χ4n) is 9.33. The summed E-state index contributed by atoms with van der Waals surface area (Å²) < 4.78 is 11.5. The van der Waals surface area contributed by atoms with Crippen LogP contribution in [0.4, 0.5) is 0 Å². The van der Waals surface area contributed by atoms with Crippen LogP contribution in [0.1, 0.15) is 24.1 Å². The van der Waals surface area contributed by atoms with Crippen LogP contribution in [0.5, 0.6) is 0 Å². The lowest BCUT2D eigenvalue weighted by Gasteiger charge is -2.12. The fourth-order valence-corrected chi connectivity index (χ4v) is 10.5. The number of nitrogens with zero attached hydrogens (tertiary/aromatic N) is 3. The maximum atomic E-state index is 6.78. The summed E-state index contributed by atoms with van der Waals surface area (Å²) in [6.45, 7) is 6.28. The van der Waals surface area contributed by atoms with E-state index in [0.29, 0.717) is 11.6 Å². The van der Waals surface area contributed by atoms with Gasteiger partial charge in [-0.1, -0.05) is 146 Å². The zero-order valence-electron chi connectivity index (χ0n) is 32.7. The first-order chi connectivity index (χ1) is 29.7. The third kappa shape index (κ3) is 5.09. The summed E-state index contributed by atoms with van der Waals surface area (Å²) in [5.74, 6) is 1.33. The van der Waals surface area contributed by atoms with E-state index in [0.717, 1.165) is 65.7 Å². The summed E-state index contributed by atoms with van der Waals surface area (Å²) in [5.41, 5.74) is 11.2. The van der Waals surface area contributed by atoms with Crippen LogP contribution in [-0.4, -0.2) is 14.5 Å². The van der Waals surface area contributed by atoms with E-state index in [1.807, 2.05) is 13.0 Å². The molecule has 0 saturated carbocycles. The molecule has 8 aromatic carbocycles. The summed E-state index contributed by atoms with van der Waals surface area (Å²) >= 11 is 1.74. The number of allylic oxidation sites excluding steroid dienone is 1. The van der Waals surface area contributed by atoms with Crippen LogP contribution in [0, 0.1) is 0 Å². The monoisotopic (exact) mass is 785 g/mol. The van der Waals surface area contributed by atoms with Crippen LogP contribution in [0.25, 0.3) is 114 Å². The highest BCUT2D eigenvalue weighted by molar-refractivity contribution is 7.26. The second kappa shape index (κ2) is 13.5. The molecular formula is C55H35N3OS. The molecule has 12 rings (SSSR count). The van der Waals surface area contributed by atoms with Crippen molar-refractivity contribution in [3.63, 3.8) is 0 Å². The molecule has 0 saturated heterocycles. The molecule has 12 aromatic rings. The molecule has 60 heavy (non-hydrogen) atoms. The first kappa shape index (κ1) is 34.4. The molecular weight excluding hydrogens is 751 g/mol. The van der Waals surface area contributed by atoms with Crippen molar-refractivity contribution in [2.45, 2.75) is 6.92 Å². The van der Waals surface area contributed by atoms with Gasteiger partial charge in [-0.05, 0) is 76.0 Å². The van der Waals surface area contributed by atoms with Crippen molar-refractivity contribution in [1.29, 1.82) is 0 Å². The molecule has 0 aliphatic heterocycles. The molecule has 0 unspecified atom stereocenters. The molecule has 0 aliphatic carbocycles. The van der Waals surface area contributed by atoms with E-state index in [1.165, 1.54) is 48.1 Å².